The highest BCUT2D eigenvalue weighted by Gasteiger charge is 2.32. The van der Waals surface area contributed by atoms with Gasteiger partial charge in [0, 0.05) is 19.2 Å². The Morgan fingerprint density at radius 2 is 1.48 bits per heavy atom. The lowest BCUT2D eigenvalue weighted by Crippen LogP contribution is -2.36. The molecule has 2 heteroatoms. The first-order valence-electron chi connectivity index (χ1n) is 14.7. The third-order valence-corrected chi connectivity index (χ3v) is 8.31. The lowest BCUT2D eigenvalue weighted by molar-refractivity contribution is 0.427. The van der Waals surface area contributed by atoms with Crippen LogP contribution in [0, 0.1) is 0 Å². The first-order valence-corrected chi connectivity index (χ1v) is 14.7. The van der Waals surface area contributed by atoms with E-state index in [4.69, 9.17) is 0 Å². The van der Waals surface area contributed by atoms with Crippen LogP contribution in [0.5, 0.6) is 0 Å². The van der Waals surface area contributed by atoms with E-state index in [-0.39, 0.29) is 0 Å². The molecule has 3 aliphatic rings. The number of anilines is 1. The summed E-state index contributed by atoms with van der Waals surface area (Å²) >= 11 is 0. The Hall–Kier alpha value is -4.30. The molecule has 0 saturated heterocycles. The first-order chi connectivity index (χ1) is 19.8. The molecule has 4 aromatic carbocycles. The lowest BCUT2D eigenvalue weighted by atomic mass is 9.82. The fourth-order valence-electron chi connectivity index (χ4n) is 6.43. The predicted molar refractivity (Wildman–Crippen MR) is 172 cm³/mol. The number of hydrogen-bond acceptors (Lipinski definition) is 2. The van der Waals surface area contributed by atoms with E-state index in [2.05, 4.69) is 139 Å². The molecule has 0 spiro atoms. The Morgan fingerprint density at radius 1 is 0.700 bits per heavy atom. The van der Waals surface area contributed by atoms with Gasteiger partial charge >= 0.3 is 0 Å². The zero-order valence-corrected chi connectivity index (χ0v) is 23.8. The Bertz CT molecular complexity index is 1590. The molecule has 0 amide bonds. The molecule has 1 atom stereocenters. The van der Waals surface area contributed by atoms with Crippen LogP contribution in [-0.4, -0.2) is 18.6 Å². The molecular weight excluding hydrogens is 484 g/mol. The highest BCUT2D eigenvalue weighted by Crippen LogP contribution is 2.52. The van der Waals surface area contributed by atoms with Gasteiger partial charge in [0.2, 0.25) is 0 Å². The van der Waals surface area contributed by atoms with Gasteiger partial charge in [-0.15, -0.1) is 0 Å². The molecule has 0 aromatic heterocycles. The molecule has 0 radical (unpaired) electrons. The Morgan fingerprint density at radius 3 is 2.35 bits per heavy atom. The van der Waals surface area contributed by atoms with Crippen molar-refractivity contribution in [3.8, 4) is 22.3 Å². The van der Waals surface area contributed by atoms with Crippen LogP contribution in [0.1, 0.15) is 60.4 Å². The molecule has 2 aliphatic carbocycles. The van der Waals surface area contributed by atoms with Gasteiger partial charge in [0.05, 0.1) is 12.2 Å². The van der Waals surface area contributed by atoms with E-state index in [0.717, 1.165) is 25.8 Å². The second-order valence-corrected chi connectivity index (χ2v) is 10.5. The van der Waals surface area contributed by atoms with Crippen LogP contribution in [0.2, 0.25) is 0 Å². The molecule has 1 aliphatic heterocycles. The summed E-state index contributed by atoms with van der Waals surface area (Å²) in [6, 6.07) is 31.4. The van der Waals surface area contributed by atoms with E-state index in [1.54, 1.807) is 0 Å². The maximum Gasteiger partial charge on any atom is 0.0580 e. The Kier molecular flexibility index (Phi) is 7.42. The van der Waals surface area contributed by atoms with Crippen molar-refractivity contribution in [1.82, 2.24) is 5.01 Å². The summed E-state index contributed by atoms with van der Waals surface area (Å²) in [4.78, 5) is 0. The van der Waals surface area contributed by atoms with Crippen molar-refractivity contribution in [2.24, 2.45) is 0 Å². The number of benzene rings is 4. The van der Waals surface area contributed by atoms with E-state index in [1.807, 2.05) is 13.8 Å². The highest BCUT2D eigenvalue weighted by atomic mass is 15.6. The van der Waals surface area contributed by atoms with E-state index in [9.17, 15) is 0 Å². The van der Waals surface area contributed by atoms with Gasteiger partial charge in [0.1, 0.15) is 0 Å². The van der Waals surface area contributed by atoms with Gasteiger partial charge < -0.3 is 0 Å². The summed E-state index contributed by atoms with van der Waals surface area (Å²) in [6.45, 7) is 4.81. The van der Waals surface area contributed by atoms with Crippen LogP contribution in [0.4, 0.5) is 5.69 Å². The smallest absolute Gasteiger partial charge is 0.0580 e. The zero-order chi connectivity index (χ0) is 27.5. The van der Waals surface area contributed by atoms with Gasteiger partial charge in [-0.2, -0.15) is 0 Å². The monoisotopic (exact) mass is 522 g/mol. The van der Waals surface area contributed by atoms with Crippen molar-refractivity contribution in [2.45, 2.75) is 39.0 Å². The molecular formula is C38H38N2. The van der Waals surface area contributed by atoms with Crippen LogP contribution in [-0.2, 0) is 6.42 Å². The van der Waals surface area contributed by atoms with E-state index >= 15 is 0 Å². The average molecular weight is 523 g/mol. The van der Waals surface area contributed by atoms with E-state index in [0.29, 0.717) is 5.92 Å². The summed E-state index contributed by atoms with van der Waals surface area (Å²) in [5.74, 6) is 0.482. The quantitative estimate of drug-likeness (QED) is 0.258. The Balaban J connectivity index is 0.00000142. The third kappa shape index (κ3) is 4.69. The topological polar surface area (TPSA) is 6.48 Å². The Labute approximate surface area is 239 Å². The minimum absolute atomic E-state index is 0.482. The van der Waals surface area contributed by atoms with Crippen LogP contribution >= 0.6 is 0 Å². The molecule has 0 N–H and O–H groups in total. The first kappa shape index (κ1) is 26.0. The number of nitrogens with zero attached hydrogens (tertiary/aromatic N) is 2. The van der Waals surface area contributed by atoms with E-state index in [1.165, 1.54) is 55.8 Å². The number of hydrogen-bond donors (Lipinski definition) is 0. The van der Waals surface area contributed by atoms with Crippen molar-refractivity contribution in [1.29, 1.82) is 0 Å². The number of aryl methyl sites for hydroxylation is 1. The molecule has 0 bridgehead atoms. The summed E-state index contributed by atoms with van der Waals surface area (Å²) in [5.41, 5.74) is 13.7. The van der Waals surface area contributed by atoms with Gasteiger partial charge in [-0.1, -0.05) is 117 Å². The predicted octanol–water partition coefficient (Wildman–Crippen LogP) is 9.74. The molecule has 200 valence electrons. The van der Waals surface area contributed by atoms with Gasteiger partial charge in [0.15, 0.2) is 0 Å². The second kappa shape index (κ2) is 11.4. The van der Waals surface area contributed by atoms with Crippen LogP contribution in [0.3, 0.4) is 0 Å². The third-order valence-electron chi connectivity index (χ3n) is 8.31. The summed E-state index contributed by atoms with van der Waals surface area (Å²) in [5, 5.41) is 4.53. The highest BCUT2D eigenvalue weighted by molar-refractivity contribution is 5.90. The molecule has 7 rings (SSSR count). The van der Waals surface area contributed by atoms with Crippen molar-refractivity contribution >= 4 is 17.8 Å². The van der Waals surface area contributed by atoms with Crippen molar-refractivity contribution < 1.29 is 0 Å². The number of fused-ring (bicyclic) bond motifs is 4. The summed E-state index contributed by atoms with van der Waals surface area (Å²) in [6.07, 6.45) is 16.9. The van der Waals surface area contributed by atoms with Crippen LogP contribution in [0.15, 0.2) is 109 Å². The number of allylic oxidation sites excluding steroid dienone is 2. The second-order valence-electron chi connectivity index (χ2n) is 10.5. The molecule has 2 nitrogen and oxygen atoms in total. The number of hydrazine groups is 1. The summed E-state index contributed by atoms with van der Waals surface area (Å²) < 4.78 is 0. The molecule has 4 aromatic rings. The van der Waals surface area contributed by atoms with Gasteiger partial charge in [-0.3, -0.25) is 10.0 Å². The van der Waals surface area contributed by atoms with Crippen molar-refractivity contribution in [3.63, 3.8) is 0 Å². The zero-order valence-electron chi connectivity index (χ0n) is 23.8. The average Bonchev–Trinajstić information content (AvgIpc) is 3.33. The number of rotatable bonds is 2. The maximum absolute atomic E-state index is 2.36. The normalized spacial score (nSPS) is 18.4. The lowest BCUT2D eigenvalue weighted by Gasteiger charge is -2.32. The molecule has 1 unspecified atom stereocenters. The van der Waals surface area contributed by atoms with Crippen molar-refractivity contribution in [3.05, 3.63) is 137 Å². The molecule has 0 saturated carbocycles. The largest absolute Gasteiger partial charge is 0.296 e. The standard InChI is InChI=1S/C36H32N2.C2H6/c1-37-24-7-6-12-26-10-2-3-11-27(26)13-9-25-38(37)29-20-18-28(19-21-29)30-22-23-35-32-15-5-4-14-31(32)34-17-8-16-33(30)36(34)35;1-2/h2-5,7-11,13-16,18-24,34H,6,12,17,25H2,1H3;1-2H3/b13-9-,24-7-;. The molecule has 0 fully saturated rings. The van der Waals surface area contributed by atoms with Gasteiger partial charge in [0.25, 0.3) is 0 Å². The van der Waals surface area contributed by atoms with E-state index < -0.39 is 0 Å². The molecule has 40 heavy (non-hydrogen) atoms. The SMILES string of the molecule is CC.CN1/C=C\CCc2ccccc2/C=C\CN1c1ccc(-c2ccc3c4c2C=CCC4c2ccccc2-3)cc1. The fourth-order valence-corrected chi connectivity index (χ4v) is 6.43. The molecule has 1 heterocycles. The van der Waals surface area contributed by atoms with Crippen LogP contribution < -0.4 is 5.01 Å². The minimum atomic E-state index is 0.482. The maximum atomic E-state index is 2.36. The van der Waals surface area contributed by atoms with Crippen LogP contribution in [0.25, 0.3) is 34.4 Å². The summed E-state index contributed by atoms with van der Waals surface area (Å²) in [7, 11) is 2.14. The van der Waals surface area contributed by atoms with Gasteiger partial charge in [-0.25, -0.2) is 0 Å². The van der Waals surface area contributed by atoms with Gasteiger partial charge in [-0.05, 0) is 81.5 Å². The fraction of sp³-hybridized carbons (Fsp3) is 0.211. The van der Waals surface area contributed by atoms with Crippen molar-refractivity contribution in [2.75, 3.05) is 18.6 Å². The minimum Gasteiger partial charge on any atom is -0.296 e.